The number of hydrogen-bond acceptors (Lipinski definition) is 5. The van der Waals surface area contributed by atoms with Crippen LogP contribution in [0.1, 0.15) is 29.3 Å². The number of nitrogens with zero attached hydrogens (tertiary/aromatic N) is 2. The Morgan fingerprint density at radius 2 is 2.23 bits per heavy atom. The zero-order valence-corrected chi connectivity index (χ0v) is 14.7. The van der Waals surface area contributed by atoms with Crippen LogP contribution in [0, 0.1) is 6.92 Å². The van der Waals surface area contributed by atoms with E-state index in [0.717, 1.165) is 22.0 Å². The van der Waals surface area contributed by atoms with Crippen LogP contribution in [0.15, 0.2) is 28.0 Å². The van der Waals surface area contributed by atoms with Crippen LogP contribution >= 0.6 is 22.7 Å². The Morgan fingerprint density at radius 3 is 2.82 bits per heavy atom. The fourth-order valence-corrected chi connectivity index (χ4v) is 3.39. The van der Waals surface area contributed by atoms with Gasteiger partial charge in [-0.2, -0.15) is 0 Å². The Bertz CT molecular complexity index is 605. The lowest BCUT2D eigenvalue weighted by atomic mass is 10.1. The molecular weight excluding hydrogens is 316 g/mol. The molecule has 0 bridgehead atoms. The molecule has 0 aromatic carbocycles. The number of aryl methyl sites for hydroxylation is 1. The summed E-state index contributed by atoms with van der Waals surface area (Å²) in [5.74, 6) is 0.701. The first kappa shape index (κ1) is 16.9. The minimum atomic E-state index is -0.912. The van der Waals surface area contributed by atoms with E-state index in [0.29, 0.717) is 19.0 Å². The van der Waals surface area contributed by atoms with E-state index in [1.54, 1.807) is 22.7 Å². The van der Waals surface area contributed by atoms with Crippen molar-refractivity contribution in [1.29, 1.82) is 0 Å². The molecule has 0 fully saturated rings. The Morgan fingerprint density at radius 1 is 1.41 bits per heavy atom. The highest BCUT2D eigenvalue weighted by Gasteiger charge is 2.24. The molecule has 0 radical (unpaired) electrons. The molecule has 0 amide bonds. The van der Waals surface area contributed by atoms with Crippen molar-refractivity contribution >= 4 is 28.6 Å². The van der Waals surface area contributed by atoms with Crippen LogP contribution in [0.4, 0.5) is 0 Å². The van der Waals surface area contributed by atoms with Crippen molar-refractivity contribution in [1.82, 2.24) is 15.6 Å². The zero-order valence-electron chi connectivity index (χ0n) is 13.1. The van der Waals surface area contributed by atoms with Gasteiger partial charge in [-0.15, -0.1) is 22.7 Å². The van der Waals surface area contributed by atoms with Gasteiger partial charge in [-0.1, -0.05) is 6.07 Å². The van der Waals surface area contributed by atoms with Gasteiger partial charge in [0.15, 0.2) is 5.96 Å². The summed E-state index contributed by atoms with van der Waals surface area (Å²) >= 11 is 3.16. The highest BCUT2D eigenvalue weighted by molar-refractivity contribution is 7.10. The SMILES string of the molecule is CCNC(=NCc1scnc1C)NCC(C)(O)c1cccs1. The highest BCUT2D eigenvalue weighted by atomic mass is 32.1. The third kappa shape index (κ3) is 4.53. The van der Waals surface area contributed by atoms with Crippen molar-refractivity contribution in [2.45, 2.75) is 32.9 Å². The lowest BCUT2D eigenvalue weighted by molar-refractivity contribution is 0.0655. The van der Waals surface area contributed by atoms with Gasteiger partial charge in [-0.3, -0.25) is 0 Å². The van der Waals surface area contributed by atoms with Gasteiger partial charge in [0.05, 0.1) is 24.3 Å². The van der Waals surface area contributed by atoms with Crippen LogP contribution in [0.3, 0.4) is 0 Å². The Labute approximate surface area is 139 Å². The number of aliphatic hydroxyl groups is 1. The van der Waals surface area contributed by atoms with Crippen LogP contribution in [0.5, 0.6) is 0 Å². The van der Waals surface area contributed by atoms with Gasteiger partial charge >= 0.3 is 0 Å². The van der Waals surface area contributed by atoms with E-state index in [4.69, 9.17) is 0 Å². The molecular formula is C15H22N4OS2. The first-order valence-corrected chi connectivity index (χ1v) is 8.96. The molecule has 0 saturated heterocycles. The van der Waals surface area contributed by atoms with Crippen LogP contribution in [-0.2, 0) is 12.1 Å². The second-order valence-electron chi connectivity index (χ2n) is 5.16. The summed E-state index contributed by atoms with van der Waals surface area (Å²) in [5.41, 5.74) is 1.95. The van der Waals surface area contributed by atoms with Gasteiger partial charge < -0.3 is 15.7 Å². The topological polar surface area (TPSA) is 69.5 Å². The van der Waals surface area contributed by atoms with E-state index >= 15 is 0 Å². The second-order valence-corrected chi connectivity index (χ2v) is 7.05. The number of hydrogen-bond donors (Lipinski definition) is 3. The summed E-state index contributed by atoms with van der Waals surface area (Å²) in [6.07, 6.45) is 0. The Balaban J connectivity index is 1.98. The maximum Gasteiger partial charge on any atom is 0.191 e. The molecule has 5 nitrogen and oxygen atoms in total. The first-order valence-electron chi connectivity index (χ1n) is 7.20. The zero-order chi connectivity index (χ0) is 16.0. The van der Waals surface area contributed by atoms with Gasteiger partial charge in [0.25, 0.3) is 0 Å². The third-order valence-corrected chi connectivity index (χ3v) is 5.26. The van der Waals surface area contributed by atoms with E-state index < -0.39 is 5.60 Å². The van der Waals surface area contributed by atoms with Gasteiger partial charge in [0.2, 0.25) is 0 Å². The summed E-state index contributed by atoms with van der Waals surface area (Å²) in [7, 11) is 0. The number of aromatic nitrogens is 1. The van der Waals surface area contributed by atoms with E-state index in [2.05, 4.69) is 20.6 Å². The molecule has 1 unspecified atom stereocenters. The molecule has 0 spiro atoms. The number of rotatable bonds is 6. The first-order chi connectivity index (χ1) is 10.5. The molecule has 0 saturated carbocycles. The number of thiophene rings is 1. The number of thiazole rings is 1. The van der Waals surface area contributed by atoms with Gasteiger partial charge in [0.1, 0.15) is 5.60 Å². The summed E-state index contributed by atoms with van der Waals surface area (Å²) < 4.78 is 0. The summed E-state index contributed by atoms with van der Waals surface area (Å²) in [6, 6.07) is 3.89. The van der Waals surface area contributed by atoms with Crippen molar-refractivity contribution in [3.8, 4) is 0 Å². The minimum absolute atomic E-state index is 0.404. The summed E-state index contributed by atoms with van der Waals surface area (Å²) in [4.78, 5) is 10.9. The molecule has 2 aromatic heterocycles. The maximum absolute atomic E-state index is 10.5. The predicted molar refractivity (Wildman–Crippen MR) is 93.6 cm³/mol. The smallest absolute Gasteiger partial charge is 0.191 e. The fraction of sp³-hybridized carbons (Fsp3) is 0.467. The van der Waals surface area contributed by atoms with Crippen molar-refractivity contribution in [3.05, 3.63) is 38.5 Å². The van der Waals surface area contributed by atoms with Crippen molar-refractivity contribution in [3.63, 3.8) is 0 Å². The number of nitrogens with one attached hydrogen (secondary N) is 2. The van der Waals surface area contributed by atoms with Crippen LogP contribution in [0.25, 0.3) is 0 Å². The molecule has 7 heteroatoms. The molecule has 0 aliphatic rings. The van der Waals surface area contributed by atoms with Gasteiger partial charge in [0, 0.05) is 16.3 Å². The highest BCUT2D eigenvalue weighted by Crippen LogP contribution is 2.24. The second kappa shape index (κ2) is 7.71. The molecule has 2 aromatic rings. The Hall–Kier alpha value is -1.44. The number of guanidine groups is 1. The molecule has 2 rings (SSSR count). The average Bonchev–Trinajstić information content (AvgIpc) is 3.14. The summed E-state index contributed by atoms with van der Waals surface area (Å²) in [5, 5.41) is 18.9. The molecule has 120 valence electrons. The summed E-state index contributed by atoms with van der Waals surface area (Å²) in [6.45, 7) is 7.58. The van der Waals surface area contributed by atoms with Gasteiger partial charge in [-0.25, -0.2) is 9.98 Å². The monoisotopic (exact) mass is 338 g/mol. The van der Waals surface area contributed by atoms with Crippen LogP contribution in [0.2, 0.25) is 0 Å². The third-order valence-electron chi connectivity index (χ3n) is 3.22. The largest absolute Gasteiger partial charge is 0.383 e. The van der Waals surface area contributed by atoms with Crippen molar-refractivity contribution in [2.75, 3.05) is 13.1 Å². The molecule has 3 N–H and O–H groups in total. The quantitative estimate of drug-likeness (QED) is 0.559. The normalized spacial score (nSPS) is 14.6. The fourth-order valence-electron chi connectivity index (χ4n) is 1.90. The molecule has 2 heterocycles. The van der Waals surface area contributed by atoms with Gasteiger partial charge in [-0.05, 0) is 32.2 Å². The van der Waals surface area contributed by atoms with Crippen LogP contribution < -0.4 is 10.6 Å². The van der Waals surface area contributed by atoms with E-state index in [-0.39, 0.29) is 0 Å². The van der Waals surface area contributed by atoms with E-state index in [1.807, 2.05) is 43.8 Å². The molecule has 1 atom stereocenters. The molecule has 0 aliphatic carbocycles. The maximum atomic E-state index is 10.5. The minimum Gasteiger partial charge on any atom is -0.383 e. The predicted octanol–water partition coefficient (Wildman–Crippen LogP) is 2.48. The van der Waals surface area contributed by atoms with Crippen LogP contribution in [-0.4, -0.2) is 29.1 Å². The molecule has 22 heavy (non-hydrogen) atoms. The van der Waals surface area contributed by atoms with E-state index in [9.17, 15) is 5.11 Å². The van der Waals surface area contributed by atoms with Crippen molar-refractivity contribution in [2.24, 2.45) is 4.99 Å². The standard InChI is InChI=1S/C15H22N4OS2/c1-4-16-14(17-8-12-11(2)19-10-22-12)18-9-15(3,20)13-6-5-7-21-13/h5-7,10,20H,4,8-9H2,1-3H3,(H2,16,17,18). The molecule has 0 aliphatic heterocycles. The van der Waals surface area contributed by atoms with Crippen molar-refractivity contribution < 1.29 is 5.11 Å². The van der Waals surface area contributed by atoms with E-state index in [1.165, 1.54) is 0 Å². The number of aliphatic imine (C=N–C) groups is 1. The Kier molecular flexibility index (Phi) is 5.93. The lowest BCUT2D eigenvalue weighted by Gasteiger charge is -2.23. The lowest BCUT2D eigenvalue weighted by Crippen LogP contribution is -2.44. The average molecular weight is 339 g/mol.